The summed E-state index contributed by atoms with van der Waals surface area (Å²) in [7, 11) is -10.7. The Morgan fingerprint density at radius 2 is 0.963 bits per heavy atom. The topological polar surface area (TPSA) is 71.4 Å². The Balaban J connectivity index is -0.0000000835. The first-order chi connectivity index (χ1) is 11.1. The van der Waals surface area contributed by atoms with Gasteiger partial charge in [-0.15, -0.1) is 6.92 Å². The van der Waals surface area contributed by atoms with Gasteiger partial charge in [-0.3, -0.25) is 6.08 Å². The molecule has 0 aliphatic heterocycles. The van der Waals surface area contributed by atoms with Gasteiger partial charge in [-0.1, -0.05) is 33.1 Å². The molecule has 1 aliphatic carbocycles. The summed E-state index contributed by atoms with van der Waals surface area (Å²) in [6.07, 6.45) is 3.44. The fraction of sp³-hybridized carbons (Fsp3) is 0.562. The third kappa shape index (κ3) is 40.6. The van der Waals surface area contributed by atoms with Crippen LogP contribution in [0, 0.1) is 45.5 Å². The van der Waals surface area contributed by atoms with Gasteiger partial charge in [0.15, 0.2) is 0 Å². The SMILES string of the molecule is CC#N.CC#N.CC#N.CC1=[C-]C(C)(C)C(C)=C1C.F[P-](F)(F)(F)(F)F.[Ru+]. The van der Waals surface area contributed by atoms with E-state index in [0.29, 0.717) is 0 Å². The summed E-state index contributed by atoms with van der Waals surface area (Å²) in [5.41, 5.74) is 4.39. The Hall–Kier alpha value is -1.42. The van der Waals surface area contributed by atoms with Gasteiger partial charge in [-0.05, 0) is 0 Å². The molecule has 0 aromatic heterocycles. The molecular weight excluding hydrogens is 480 g/mol. The van der Waals surface area contributed by atoms with Gasteiger partial charge in [-0.2, -0.15) is 26.9 Å². The minimum absolute atomic E-state index is 0. The van der Waals surface area contributed by atoms with E-state index in [4.69, 9.17) is 15.8 Å². The maximum Gasteiger partial charge on any atom is 1.00 e. The molecular formula is C16H24F6N3PRu-. The van der Waals surface area contributed by atoms with Crippen molar-refractivity contribution in [1.82, 2.24) is 0 Å². The Morgan fingerprint density at radius 1 is 0.778 bits per heavy atom. The van der Waals surface area contributed by atoms with Gasteiger partial charge in [0, 0.05) is 20.8 Å². The van der Waals surface area contributed by atoms with Crippen molar-refractivity contribution in [1.29, 1.82) is 15.8 Å². The molecule has 1 aliphatic rings. The van der Waals surface area contributed by atoms with E-state index in [1.165, 1.54) is 37.5 Å². The number of halogens is 6. The fourth-order valence-corrected chi connectivity index (χ4v) is 1.41. The molecule has 0 saturated carbocycles. The van der Waals surface area contributed by atoms with E-state index in [9.17, 15) is 25.2 Å². The number of hydrogen-bond acceptors (Lipinski definition) is 3. The Kier molecular flexibility index (Phi) is 17.4. The molecule has 0 atom stereocenters. The summed E-state index contributed by atoms with van der Waals surface area (Å²) in [5, 5.41) is 22.0. The second kappa shape index (κ2) is 12.9. The van der Waals surface area contributed by atoms with E-state index >= 15 is 0 Å². The molecule has 3 nitrogen and oxygen atoms in total. The van der Waals surface area contributed by atoms with Crippen molar-refractivity contribution in [3.8, 4) is 18.2 Å². The summed E-state index contributed by atoms with van der Waals surface area (Å²) >= 11 is 0. The summed E-state index contributed by atoms with van der Waals surface area (Å²) in [6.45, 7) is 15.2. The number of rotatable bonds is 0. The van der Waals surface area contributed by atoms with Crippen LogP contribution in [-0.4, -0.2) is 0 Å². The van der Waals surface area contributed by atoms with Crippen LogP contribution in [0.2, 0.25) is 0 Å². The maximum atomic E-state index is 9.87. The quantitative estimate of drug-likeness (QED) is 0.145. The van der Waals surface area contributed by atoms with Crippen molar-refractivity contribution in [2.75, 3.05) is 0 Å². The van der Waals surface area contributed by atoms with Crippen LogP contribution < -0.4 is 0 Å². The molecule has 0 amide bonds. The normalized spacial score (nSPS) is 15.6. The van der Waals surface area contributed by atoms with E-state index in [1.807, 2.05) is 0 Å². The first kappa shape index (κ1) is 36.5. The molecule has 0 fully saturated rings. The molecule has 0 bridgehead atoms. The van der Waals surface area contributed by atoms with Crippen molar-refractivity contribution >= 4 is 7.81 Å². The van der Waals surface area contributed by atoms with E-state index in [-0.39, 0.29) is 24.9 Å². The van der Waals surface area contributed by atoms with E-state index in [2.05, 4.69) is 40.7 Å². The van der Waals surface area contributed by atoms with Crippen LogP contribution in [0.25, 0.3) is 0 Å². The minimum Gasteiger partial charge on any atom is 1.00 e. The van der Waals surface area contributed by atoms with Crippen LogP contribution in [0.1, 0.15) is 55.4 Å². The maximum absolute atomic E-state index is 10.7. The fourth-order valence-electron chi connectivity index (χ4n) is 1.41. The average molecular weight is 504 g/mol. The van der Waals surface area contributed by atoms with Gasteiger partial charge in [0.05, 0.1) is 18.2 Å². The molecule has 1 radical (unpaired) electrons. The molecule has 0 saturated heterocycles. The first-order valence-corrected chi connectivity index (χ1v) is 8.96. The van der Waals surface area contributed by atoms with E-state index < -0.39 is 7.81 Å². The zero-order valence-corrected chi connectivity index (χ0v) is 19.0. The Bertz CT molecular complexity index is 590. The molecule has 0 heterocycles. The van der Waals surface area contributed by atoms with Crippen molar-refractivity contribution in [3.05, 3.63) is 22.8 Å². The minimum atomic E-state index is -10.7. The molecule has 11 heteroatoms. The number of hydrogen-bond donors (Lipinski definition) is 0. The van der Waals surface area contributed by atoms with Gasteiger partial charge in [-0.25, -0.2) is 5.57 Å². The second-order valence-corrected chi connectivity index (χ2v) is 7.17. The van der Waals surface area contributed by atoms with Crippen LogP contribution in [0.5, 0.6) is 0 Å². The van der Waals surface area contributed by atoms with Crippen molar-refractivity contribution in [2.24, 2.45) is 5.41 Å². The summed E-state index contributed by atoms with van der Waals surface area (Å²) in [4.78, 5) is 0. The first-order valence-electron chi connectivity index (χ1n) is 6.94. The standard InChI is InChI=1S/C10H15.3C2H3N.F6P.Ru/c1-7-6-10(4,5)9(3)8(7)2;3*1-2-3;1-7(2,3,4,5)6;/h1-5H3;3*1H3;;/q-1;;;;-1;+1. The number of nitriles is 3. The van der Waals surface area contributed by atoms with E-state index in [0.717, 1.165) is 0 Å². The van der Waals surface area contributed by atoms with Gasteiger partial charge < -0.3 is 0 Å². The summed E-state index contributed by atoms with van der Waals surface area (Å²) in [5.74, 6) is 0. The molecule has 0 aromatic carbocycles. The van der Waals surface area contributed by atoms with Crippen LogP contribution in [0.15, 0.2) is 16.7 Å². The van der Waals surface area contributed by atoms with Gasteiger partial charge in [0.25, 0.3) is 0 Å². The van der Waals surface area contributed by atoms with Gasteiger partial charge in [0.1, 0.15) is 0 Å². The summed E-state index contributed by atoms with van der Waals surface area (Å²) in [6, 6.07) is 5.25. The smallest absolute Gasteiger partial charge is 1.00 e. The molecule has 0 unspecified atom stereocenters. The predicted octanol–water partition coefficient (Wildman–Crippen LogP) is 8.08. The largest absolute Gasteiger partial charge is 1.00 e. The summed E-state index contributed by atoms with van der Waals surface area (Å²) < 4.78 is 59.2. The zero-order valence-electron chi connectivity index (χ0n) is 16.4. The zero-order chi connectivity index (χ0) is 22.5. The Labute approximate surface area is 170 Å². The van der Waals surface area contributed by atoms with Gasteiger partial charge >= 0.3 is 52.5 Å². The molecule has 0 aromatic rings. The second-order valence-electron chi connectivity index (χ2n) is 5.25. The Morgan fingerprint density at radius 3 is 1.00 bits per heavy atom. The van der Waals surface area contributed by atoms with Crippen LogP contribution >= 0.6 is 7.81 Å². The molecule has 27 heavy (non-hydrogen) atoms. The van der Waals surface area contributed by atoms with Crippen molar-refractivity contribution in [3.63, 3.8) is 0 Å². The monoisotopic (exact) mass is 505 g/mol. The molecule has 1 rings (SSSR count). The van der Waals surface area contributed by atoms with Gasteiger partial charge in [0.2, 0.25) is 0 Å². The van der Waals surface area contributed by atoms with Crippen molar-refractivity contribution in [2.45, 2.75) is 55.4 Å². The van der Waals surface area contributed by atoms with E-state index in [1.54, 1.807) is 18.2 Å². The van der Waals surface area contributed by atoms with Crippen LogP contribution in [0.3, 0.4) is 0 Å². The molecule has 0 N–H and O–H groups in total. The average Bonchev–Trinajstić information content (AvgIpc) is 2.51. The third-order valence-electron chi connectivity index (χ3n) is 2.56. The number of nitrogens with zero attached hydrogens (tertiary/aromatic N) is 3. The molecule has 0 spiro atoms. The predicted molar refractivity (Wildman–Crippen MR) is 92.0 cm³/mol. The van der Waals surface area contributed by atoms with Crippen LogP contribution in [-0.2, 0) is 19.5 Å². The molecule has 159 valence electrons. The van der Waals surface area contributed by atoms with Crippen molar-refractivity contribution < 1.29 is 44.7 Å². The van der Waals surface area contributed by atoms with Crippen LogP contribution in [0.4, 0.5) is 25.2 Å². The third-order valence-corrected chi connectivity index (χ3v) is 2.56. The number of allylic oxidation sites excluding steroid dienone is 4.